The normalized spacial score (nSPS) is 23.5. The predicted octanol–water partition coefficient (Wildman–Crippen LogP) is 2.20. The van der Waals surface area contributed by atoms with Crippen LogP contribution in [0.3, 0.4) is 0 Å². The number of piperazine rings is 1. The molecule has 0 spiro atoms. The number of likely N-dealkylation sites (N-methyl/N-ethyl adjacent to an activating group) is 1. The van der Waals surface area contributed by atoms with Crippen LogP contribution in [0.15, 0.2) is 18.2 Å². The van der Waals surface area contributed by atoms with Crippen molar-refractivity contribution in [2.75, 3.05) is 51.2 Å². The zero-order valence-electron chi connectivity index (χ0n) is 15.3. The van der Waals surface area contributed by atoms with E-state index in [1.807, 2.05) is 0 Å². The Morgan fingerprint density at radius 3 is 2.56 bits per heavy atom. The summed E-state index contributed by atoms with van der Waals surface area (Å²) in [6.45, 7) is 8.00. The monoisotopic (exact) mass is 339 g/mol. The number of fused-ring (bicyclic) bond motifs is 3. The molecule has 1 saturated carbocycles. The van der Waals surface area contributed by atoms with E-state index in [4.69, 9.17) is 4.98 Å². The number of imidazole rings is 1. The van der Waals surface area contributed by atoms with Crippen LogP contribution >= 0.6 is 0 Å². The quantitative estimate of drug-likeness (QED) is 0.838. The Labute approximate surface area is 150 Å². The number of aromatic nitrogens is 2. The Morgan fingerprint density at radius 2 is 1.80 bits per heavy atom. The molecule has 134 valence electrons. The average molecular weight is 339 g/mol. The zero-order chi connectivity index (χ0) is 16.8. The highest BCUT2D eigenvalue weighted by Gasteiger charge is 2.27. The molecule has 5 nitrogen and oxygen atoms in total. The van der Waals surface area contributed by atoms with Gasteiger partial charge in [0.15, 0.2) is 0 Å². The molecule has 3 heterocycles. The third-order valence-electron chi connectivity index (χ3n) is 6.50. The van der Waals surface area contributed by atoms with Crippen molar-refractivity contribution in [1.29, 1.82) is 0 Å². The first-order chi connectivity index (χ1) is 12.3. The molecule has 2 aromatic rings. The summed E-state index contributed by atoms with van der Waals surface area (Å²) < 4.78 is 2.49. The van der Waals surface area contributed by atoms with Gasteiger partial charge in [-0.05, 0) is 38.1 Å². The van der Waals surface area contributed by atoms with Crippen LogP contribution in [0.1, 0.15) is 25.1 Å². The fourth-order valence-electron chi connectivity index (χ4n) is 4.56. The van der Waals surface area contributed by atoms with Gasteiger partial charge in [0.25, 0.3) is 0 Å². The fourth-order valence-corrected chi connectivity index (χ4v) is 4.56. The minimum Gasteiger partial charge on any atom is -0.369 e. The van der Waals surface area contributed by atoms with Crippen molar-refractivity contribution in [3.8, 4) is 0 Å². The lowest BCUT2D eigenvalue weighted by Crippen LogP contribution is -2.44. The summed E-state index contributed by atoms with van der Waals surface area (Å²) in [5.41, 5.74) is 3.87. The minimum absolute atomic E-state index is 0.844. The van der Waals surface area contributed by atoms with E-state index in [-0.39, 0.29) is 0 Å². The Balaban J connectivity index is 1.41. The third kappa shape index (κ3) is 2.83. The largest absolute Gasteiger partial charge is 0.369 e. The van der Waals surface area contributed by atoms with E-state index in [0.717, 1.165) is 45.2 Å². The highest BCUT2D eigenvalue weighted by atomic mass is 15.3. The summed E-state index contributed by atoms with van der Waals surface area (Å²) in [4.78, 5) is 12.6. The van der Waals surface area contributed by atoms with Gasteiger partial charge in [-0.3, -0.25) is 4.90 Å². The maximum absolute atomic E-state index is 4.96. The van der Waals surface area contributed by atoms with Gasteiger partial charge in [-0.25, -0.2) is 4.98 Å². The lowest BCUT2D eigenvalue weighted by molar-refractivity contribution is 0.130. The number of rotatable bonds is 2. The molecule has 0 radical (unpaired) electrons. The van der Waals surface area contributed by atoms with Crippen molar-refractivity contribution in [1.82, 2.24) is 19.4 Å². The van der Waals surface area contributed by atoms with E-state index in [2.05, 4.69) is 44.5 Å². The summed E-state index contributed by atoms with van der Waals surface area (Å²) in [5.74, 6) is 1.28. The lowest BCUT2D eigenvalue weighted by Gasteiger charge is -2.36. The van der Waals surface area contributed by atoms with Gasteiger partial charge in [0, 0.05) is 64.0 Å². The van der Waals surface area contributed by atoms with Crippen LogP contribution in [0.4, 0.5) is 5.69 Å². The molecule has 1 aromatic heterocycles. The summed E-state index contributed by atoms with van der Waals surface area (Å²) in [6, 6.07) is 7.72. The van der Waals surface area contributed by atoms with E-state index in [1.54, 1.807) is 0 Å². The van der Waals surface area contributed by atoms with E-state index < -0.39 is 0 Å². The second kappa shape index (κ2) is 6.29. The van der Waals surface area contributed by atoms with Crippen molar-refractivity contribution in [2.45, 2.75) is 38.3 Å². The van der Waals surface area contributed by atoms with Crippen LogP contribution in [0.2, 0.25) is 0 Å². The van der Waals surface area contributed by atoms with Gasteiger partial charge in [0.1, 0.15) is 5.82 Å². The van der Waals surface area contributed by atoms with Crippen LogP contribution in [-0.2, 0) is 13.0 Å². The van der Waals surface area contributed by atoms with Crippen LogP contribution < -0.4 is 4.90 Å². The molecular weight excluding hydrogens is 310 g/mol. The Bertz CT molecular complexity index is 755. The maximum Gasteiger partial charge on any atom is 0.111 e. The Hall–Kier alpha value is -1.59. The van der Waals surface area contributed by atoms with E-state index in [0.29, 0.717) is 0 Å². The molecule has 5 heteroatoms. The zero-order valence-corrected chi connectivity index (χ0v) is 15.3. The summed E-state index contributed by atoms with van der Waals surface area (Å²) in [6.07, 6.45) is 5.31. The van der Waals surface area contributed by atoms with E-state index in [1.165, 1.54) is 54.9 Å². The minimum atomic E-state index is 0.844. The number of benzene rings is 1. The summed E-state index contributed by atoms with van der Waals surface area (Å²) in [7, 11) is 2.21. The molecule has 5 rings (SSSR count). The topological polar surface area (TPSA) is 27.5 Å². The molecule has 25 heavy (non-hydrogen) atoms. The third-order valence-corrected chi connectivity index (χ3v) is 6.50. The Kier molecular flexibility index (Phi) is 3.94. The smallest absolute Gasteiger partial charge is 0.111 e. The van der Waals surface area contributed by atoms with Crippen LogP contribution in [-0.4, -0.2) is 71.7 Å². The van der Waals surface area contributed by atoms with E-state index in [9.17, 15) is 0 Å². The van der Waals surface area contributed by atoms with Crippen molar-refractivity contribution in [2.24, 2.45) is 0 Å². The summed E-state index contributed by atoms with van der Waals surface area (Å²) >= 11 is 0. The molecule has 2 fully saturated rings. The first-order valence-electron chi connectivity index (χ1n) is 9.95. The van der Waals surface area contributed by atoms with Gasteiger partial charge >= 0.3 is 0 Å². The number of anilines is 1. The van der Waals surface area contributed by atoms with Gasteiger partial charge < -0.3 is 14.4 Å². The molecule has 0 bridgehead atoms. The van der Waals surface area contributed by atoms with Crippen molar-refractivity contribution in [3.63, 3.8) is 0 Å². The van der Waals surface area contributed by atoms with Crippen molar-refractivity contribution < 1.29 is 0 Å². The molecule has 0 unspecified atom stereocenters. The first-order valence-corrected chi connectivity index (χ1v) is 9.95. The van der Waals surface area contributed by atoms with Gasteiger partial charge in [-0.2, -0.15) is 0 Å². The van der Waals surface area contributed by atoms with Gasteiger partial charge in [0.2, 0.25) is 0 Å². The molecule has 1 aromatic carbocycles. The van der Waals surface area contributed by atoms with Crippen LogP contribution in [0.25, 0.3) is 11.0 Å². The molecule has 3 aliphatic rings. The highest BCUT2D eigenvalue weighted by molar-refractivity contribution is 5.80. The molecule has 1 aliphatic carbocycles. The van der Waals surface area contributed by atoms with Gasteiger partial charge in [-0.1, -0.05) is 6.42 Å². The number of nitrogens with zero attached hydrogens (tertiary/aromatic N) is 5. The number of hydrogen-bond acceptors (Lipinski definition) is 4. The predicted molar refractivity (Wildman–Crippen MR) is 102 cm³/mol. The SMILES string of the molecule is CN1CCN(c2ccc3nc4n(c3c2)CCN(C2CCC2)CC4)CC1. The lowest BCUT2D eigenvalue weighted by atomic mass is 9.91. The van der Waals surface area contributed by atoms with Crippen molar-refractivity contribution >= 4 is 16.7 Å². The van der Waals surface area contributed by atoms with Gasteiger partial charge in [0.05, 0.1) is 11.0 Å². The first kappa shape index (κ1) is 15.6. The van der Waals surface area contributed by atoms with E-state index >= 15 is 0 Å². The van der Waals surface area contributed by atoms with Crippen LogP contribution in [0, 0.1) is 0 Å². The second-order valence-corrected chi connectivity index (χ2v) is 8.01. The second-order valence-electron chi connectivity index (χ2n) is 8.01. The number of hydrogen-bond donors (Lipinski definition) is 0. The van der Waals surface area contributed by atoms with Crippen LogP contribution in [0.5, 0.6) is 0 Å². The van der Waals surface area contributed by atoms with Crippen molar-refractivity contribution in [3.05, 3.63) is 24.0 Å². The molecule has 0 atom stereocenters. The van der Waals surface area contributed by atoms with Gasteiger partial charge in [-0.15, -0.1) is 0 Å². The highest BCUT2D eigenvalue weighted by Crippen LogP contribution is 2.29. The molecule has 0 amide bonds. The fraction of sp³-hybridized carbons (Fsp3) is 0.650. The average Bonchev–Trinajstić information content (AvgIpc) is 2.80. The molecule has 1 saturated heterocycles. The molecule has 2 aliphatic heterocycles. The Morgan fingerprint density at radius 1 is 0.960 bits per heavy atom. The standard InChI is InChI=1S/C20H29N5/c1-22-9-11-24(12-10-22)17-5-6-18-19(15-17)25-14-13-23(16-3-2-4-16)8-7-20(25)21-18/h5-6,15-16H,2-4,7-14H2,1H3. The maximum atomic E-state index is 4.96. The summed E-state index contributed by atoms with van der Waals surface area (Å²) in [5, 5.41) is 0. The molecule has 0 N–H and O–H groups in total. The molecular formula is C20H29N5.